The number of thiophene rings is 1. The fourth-order valence-corrected chi connectivity index (χ4v) is 2.72. The summed E-state index contributed by atoms with van der Waals surface area (Å²) < 4.78 is 10.6. The number of hydrogen-bond acceptors (Lipinski definition) is 4. The zero-order valence-electron chi connectivity index (χ0n) is 10.6. The van der Waals surface area contributed by atoms with Crippen LogP contribution in [0.15, 0.2) is 29.6 Å². The Labute approximate surface area is 111 Å². The normalized spacial score (nSPS) is 12.2. The molecule has 1 heterocycles. The molecule has 0 aliphatic carbocycles. The second-order valence-electron chi connectivity index (χ2n) is 3.91. The molecule has 1 N–H and O–H groups in total. The van der Waals surface area contributed by atoms with Crippen molar-refractivity contribution < 1.29 is 14.6 Å². The van der Waals surface area contributed by atoms with E-state index in [-0.39, 0.29) is 0 Å². The third-order valence-electron chi connectivity index (χ3n) is 2.93. The molecule has 0 aliphatic heterocycles. The summed E-state index contributed by atoms with van der Waals surface area (Å²) in [6.07, 6.45) is -0.734. The van der Waals surface area contributed by atoms with Gasteiger partial charge in [-0.25, -0.2) is 0 Å². The predicted octanol–water partition coefficient (Wildman–Crippen LogP) is 3.16. The molecule has 0 bridgehead atoms. The topological polar surface area (TPSA) is 38.7 Å². The van der Waals surface area contributed by atoms with Crippen molar-refractivity contribution in [3.63, 3.8) is 0 Å². The summed E-state index contributed by atoms with van der Waals surface area (Å²) in [7, 11) is 3.18. The Morgan fingerprint density at radius 1 is 1.11 bits per heavy atom. The van der Waals surface area contributed by atoms with Gasteiger partial charge in [-0.15, -0.1) is 11.3 Å². The van der Waals surface area contributed by atoms with Crippen LogP contribution in [0.4, 0.5) is 0 Å². The van der Waals surface area contributed by atoms with Gasteiger partial charge in [-0.1, -0.05) is 6.07 Å². The second kappa shape index (κ2) is 5.42. The monoisotopic (exact) mass is 264 g/mol. The summed E-state index contributed by atoms with van der Waals surface area (Å²) in [6.45, 7) is 1.99. The van der Waals surface area contributed by atoms with Gasteiger partial charge in [0.15, 0.2) is 0 Å². The minimum atomic E-state index is -0.734. The Kier molecular flexibility index (Phi) is 3.89. The zero-order chi connectivity index (χ0) is 13.1. The van der Waals surface area contributed by atoms with Gasteiger partial charge in [0.1, 0.15) is 17.6 Å². The van der Waals surface area contributed by atoms with E-state index in [1.54, 1.807) is 25.6 Å². The van der Waals surface area contributed by atoms with Crippen LogP contribution in [-0.4, -0.2) is 19.3 Å². The van der Waals surface area contributed by atoms with Gasteiger partial charge in [0.2, 0.25) is 0 Å². The molecule has 1 atom stereocenters. The SMILES string of the molecule is COc1cccc(OC)c1C(O)c1ccsc1C. The van der Waals surface area contributed by atoms with Crippen LogP contribution in [0.2, 0.25) is 0 Å². The lowest BCUT2D eigenvalue weighted by Gasteiger charge is -2.18. The molecule has 18 heavy (non-hydrogen) atoms. The van der Waals surface area contributed by atoms with E-state index in [4.69, 9.17) is 9.47 Å². The number of aryl methyl sites for hydroxylation is 1. The maximum atomic E-state index is 10.5. The van der Waals surface area contributed by atoms with Crippen molar-refractivity contribution in [3.8, 4) is 11.5 Å². The van der Waals surface area contributed by atoms with Crippen LogP contribution in [0.1, 0.15) is 22.1 Å². The molecule has 0 saturated carbocycles. The maximum Gasteiger partial charge on any atom is 0.128 e. The standard InChI is InChI=1S/C14H16O3S/c1-9-10(7-8-18-9)14(15)13-11(16-2)5-4-6-12(13)17-3/h4-8,14-15H,1-3H3. The van der Waals surface area contributed by atoms with Gasteiger partial charge in [-0.3, -0.25) is 0 Å². The number of benzene rings is 1. The van der Waals surface area contributed by atoms with Crippen LogP contribution in [0, 0.1) is 6.92 Å². The number of methoxy groups -OCH3 is 2. The van der Waals surface area contributed by atoms with Crippen LogP contribution >= 0.6 is 11.3 Å². The van der Waals surface area contributed by atoms with Crippen LogP contribution in [0.25, 0.3) is 0 Å². The molecule has 2 aromatic rings. The van der Waals surface area contributed by atoms with E-state index < -0.39 is 6.10 Å². The molecule has 0 amide bonds. The van der Waals surface area contributed by atoms with Gasteiger partial charge in [-0.05, 0) is 36.1 Å². The summed E-state index contributed by atoms with van der Waals surface area (Å²) in [6, 6.07) is 7.41. The lowest BCUT2D eigenvalue weighted by atomic mass is 10.0. The Morgan fingerprint density at radius 2 is 1.72 bits per heavy atom. The van der Waals surface area contributed by atoms with E-state index in [0.29, 0.717) is 17.1 Å². The first-order valence-electron chi connectivity index (χ1n) is 5.62. The van der Waals surface area contributed by atoms with Crippen molar-refractivity contribution >= 4 is 11.3 Å². The third kappa shape index (κ3) is 2.21. The Balaban J connectivity index is 2.52. The van der Waals surface area contributed by atoms with Gasteiger partial charge in [0.25, 0.3) is 0 Å². The van der Waals surface area contributed by atoms with E-state index in [0.717, 1.165) is 10.4 Å². The number of ether oxygens (including phenoxy) is 2. The van der Waals surface area contributed by atoms with Crippen molar-refractivity contribution in [1.29, 1.82) is 0 Å². The van der Waals surface area contributed by atoms with E-state index in [9.17, 15) is 5.11 Å². The summed E-state index contributed by atoms with van der Waals surface area (Å²) in [5.74, 6) is 1.26. The quantitative estimate of drug-likeness (QED) is 0.922. The molecule has 4 heteroatoms. The van der Waals surface area contributed by atoms with Gasteiger partial charge in [0.05, 0.1) is 19.8 Å². The molecule has 1 aromatic carbocycles. The van der Waals surface area contributed by atoms with Crippen molar-refractivity contribution in [2.75, 3.05) is 14.2 Å². The first kappa shape index (κ1) is 12.9. The molecule has 0 spiro atoms. The highest BCUT2D eigenvalue weighted by Crippen LogP contribution is 2.39. The summed E-state index contributed by atoms with van der Waals surface area (Å²) in [4.78, 5) is 1.09. The van der Waals surface area contributed by atoms with E-state index >= 15 is 0 Å². The van der Waals surface area contributed by atoms with E-state index in [1.165, 1.54) is 0 Å². The highest BCUT2D eigenvalue weighted by atomic mass is 32.1. The fourth-order valence-electron chi connectivity index (χ4n) is 1.98. The van der Waals surface area contributed by atoms with E-state index in [1.807, 2.05) is 36.6 Å². The van der Waals surface area contributed by atoms with Gasteiger partial charge < -0.3 is 14.6 Å². The van der Waals surface area contributed by atoms with Crippen molar-refractivity contribution in [1.82, 2.24) is 0 Å². The number of hydrogen-bond donors (Lipinski definition) is 1. The molecule has 0 aliphatic rings. The van der Waals surface area contributed by atoms with E-state index in [2.05, 4.69) is 0 Å². The smallest absolute Gasteiger partial charge is 0.128 e. The Bertz CT molecular complexity index is 511. The minimum absolute atomic E-state index is 0.632. The summed E-state index contributed by atoms with van der Waals surface area (Å²) >= 11 is 1.61. The average Bonchev–Trinajstić information content (AvgIpc) is 2.83. The molecular formula is C14H16O3S. The van der Waals surface area contributed by atoms with Crippen molar-refractivity contribution in [2.24, 2.45) is 0 Å². The molecule has 3 nitrogen and oxygen atoms in total. The summed E-state index contributed by atoms with van der Waals surface area (Å²) in [5.41, 5.74) is 1.56. The van der Waals surface area contributed by atoms with Crippen molar-refractivity contribution in [3.05, 3.63) is 45.6 Å². The number of aliphatic hydroxyl groups excluding tert-OH is 1. The first-order valence-corrected chi connectivity index (χ1v) is 6.50. The lowest BCUT2D eigenvalue weighted by molar-refractivity contribution is 0.208. The first-order chi connectivity index (χ1) is 8.69. The minimum Gasteiger partial charge on any atom is -0.496 e. The molecule has 1 aromatic heterocycles. The molecular weight excluding hydrogens is 248 g/mol. The van der Waals surface area contributed by atoms with Crippen LogP contribution in [0.3, 0.4) is 0 Å². The molecule has 0 fully saturated rings. The number of rotatable bonds is 4. The maximum absolute atomic E-state index is 10.5. The van der Waals surface area contributed by atoms with Crippen LogP contribution < -0.4 is 9.47 Å². The molecule has 0 radical (unpaired) electrons. The second-order valence-corrected chi connectivity index (χ2v) is 5.03. The van der Waals surface area contributed by atoms with Crippen LogP contribution in [0.5, 0.6) is 11.5 Å². The summed E-state index contributed by atoms with van der Waals surface area (Å²) in [5, 5.41) is 12.5. The Hall–Kier alpha value is -1.52. The largest absolute Gasteiger partial charge is 0.496 e. The van der Waals surface area contributed by atoms with Gasteiger partial charge in [-0.2, -0.15) is 0 Å². The lowest BCUT2D eigenvalue weighted by Crippen LogP contribution is -2.05. The molecule has 2 rings (SSSR count). The van der Waals surface area contributed by atoms with Crippen LogP contribution in [-0.2, 0) is 0 Å². The molecule has 1 unspecified atom stereocenters. The predicted molar refractivity (Wildman–Crippen MR) is 72.7 cm³/mol. The Morgan fingerprint density at radius 3 is 2.17 bits per heavy atom. The van der Waals surface area contributed by atoms with Gasteiger partial charge in [0, 0.05) is 4.88 Å². The average molecular weight is 264 g/mol. The van der Waals surface area contributed by atoms with Crippen molar-refractivity contribution in [2.45, 2.75) is 13.0 Å². The highest BCUT2D eigenvalue weighted by molar-refractivity contribution is 7.10. The third-order valence-corrected chi connectivity index (χ3v) is 3.79. The highest BCUT2D eigenvalue weighted by Gasteiger charge is 2.22. The molecule has 96 valence electrons. The fraction of sp³-hybridized carbons (Fsp3) is 0.286. The zero-order valence-corrected chi connectivity index (χ0v) is 11.5. The number of aliphatic hydroxyl groups is 1. The molecule has 0 saturated heterocycles. The van der Waals surface area contributed by atoms with Gasteiger partial charge >= 0.3 is 0 Å².